The molecule has 0 saturated carbocycles. The van der Waals surface area contributed by atoms with Crippen molar-refractivity contribution in [2.75, 3.05) is 7.11 Å². The monoisotopic (exact) mass is 246 g/mol. The molecule has 2 atom stereocenters. The van der Waals surface area contributed by atoms with E-state index < -0.39 is 23.8 Å². The number of esters is 1. The third-order valence-corrected chi connectivity index (χ3v) is 2.72. The zero-order chi connectivity index (χ0) is 13.8. The molecule has 0 fully saturated rings. The number of carbonyl (C=O) groups is 1. The average Bonchev–Trinajstić information content (AvgIpc) is 2.26. The molecule has 0 amide bonds. The number of aliphatic hydroxyl groups excluding tert-OH is 2. The minimum atomic E-state index is -1.43. The Morgan fingerprint density at radius 2 is 1.76 bits per heavy atom. The molecule has 0 heterocycles. The van der Waals surface area contributed by atoms with Crippen molar-refractivity contribution in [1.29, 1.82) is 0 Å². The SMILES string of the molecule is C=C(OC)C(=O)OC(O)C(C)(C)C(O)C(C)C. The van der Waals surface area contributed by atoms with Gasteiger partial charge in [-0.25, -0.2) is 4.79 Å². The van der Waals surface area contributed by atoms with Crippen LogP contribution in [0.4, 0.5) is 0 Å². The summed E-state index contributed by atoms with van der Waals surface area (Å²) in [6.07, 6.45) is -2.24. The van der Waals surface area contributed by atoms with Crippen LogP contribution >= 0.6 is 0 Å². The van der Waals surface area contributed by atoms with Crippen LogP contribution in [0.5, 0.6) is 0 Å². The van der Waals surface area contributed by atoms with Crippen LogP contribution in [0.3, 0.4) is 0 Å². The molecule has 0 saturated heterocycles. The average molecular weight is 246 g/mol. The molecule has 0 spiro atoms. The molecule has 5 nitrogen and oxygen atoms in total. The first kappa shape index (κ1) is 15.9. The van der Waals surface area contributed by atoms with Crippen molar-refractivity contribution in [3.05, 3.63) is 12.3 Å². The Morgan fingerprint density at radius 1 is 1.29 bits per heavy atom. The first-order valence-electron chi connectivity index (χ1n) is 5.44. The number of hydrogen-bond acceptors (Lipinski definition) is 5. The lowest BCUT2D eigenvalue weighted by atomic mass is 9.80. The fraction of sp³-hybridized carbons (Fsp3) is 0.750. The van der Waals surface area contributed by atoms with Crippen LogP contribution in [-0.2, 0) is 14.3 Å². The van der Waals surface area contributed by atoms with Crippen molar-refractivity contribution < 1.29 is 24.5 Å². The highest BCUT2D eigenvalue weighted by molar-refractivity contribution is 5.85. The van der Waals surface area contributed by atoms with Gasteiger partial charge in [-0.1, -0.05) is 27.7 Å². The molecule has 100 valence electrons. The second kappa shape index (κ2) is 6.02. The molecule has 2 unspecified atom stereocenters. The maximum Gasteiger partial charge on any atom is 0.375 e. The topological polar surface area (TPSA) is 76.0 Å². The largest absolute Gasteiger partial charge is 0.490 e. The summed E-state index contributed by atoms with van der Waals surface area (Å²) >= 11 is 0. The molecular weight excluding hydrogens is 224 g/mol. The summed E-state index contributed by atoms with van der Waals surface area (Å²) in [5, 5.41) is 19.7. The van der Waals surface area contributed by atoms with Gasteiger partial charge in [0.25, 0.3) is 0 Å². The van der Waals surface area contributed by atoms with E-state index in [1.54, 1.807) is 13.8 Å². The van der Waals surface area contributed by atoms with Crippen molar-refractivity contribution in [2.45, 2.75) is 40.1 Å². The molecule has 0 aliphatic carbocycles. The second-order valence-corrected chi connectivity index (χ2v) is 4.90. The van der Waals surface area contributed by atoms with E-state index >= 15 is 0 Å². The van der Waals surface area contributed by atoms with Crippen LogP contribution in [0.2, 0.25) is 0 Å². The molecule has 0 aromatic heterocycles. The Balaban J connectivity index is 4.64. The van der Waals surface area contributed by atoms with Gasteiger partial charge in [0.05, 0.1) is 18.6 Å². The Labute approximate surface area is 102 Å². The minimum Gasteiger partial charge on any atom is -0.490 e. The lowest BCUT2D eigenvalue weighted by Crippen LogP contribution is -2.45. The van der Waals surface area contributed by atoms with E-state index in [0.717, 1.165) is 0 Å². The fourth-order valence-corrected chi connectivity index (χ4v) is 1.41. The van der Waals surface area contributed by atoms with E-state index in [0.29, 0.717) is 0 Å². The molecule has 5 heteroatoms. The molecule has 17 heavy (non-hydrogen) atoms. The number of rotatable bonds is 6. The van der Waals surface area contributed by atoms with Gasteiger partial charge in [0.15, 0.2) is 5.76 Å². The standard InChI is InChI=1S/C12H22O5/c1-7(2)9(13)12(4,5)11(15)17-10(14)8(3)16-6/h7,9,11,13,15H,3H2,1-2,4-6H3. The second-order valence-electron chi connectivity index (χ2n) is 4.90. The Kier molecular flexibility index (Phi) is 5.64. The highest BCUT2D eigenvalue weighted by Gasteiger charge is 2.40. The van der Waals surface area contributed by atoms with Crippen molar-refractivity contribution in [2.24, 2.45) is 11.3 Å². The third-order valence-electron chi connectivity index (χ3n) is 2.72. The summed E-state index contributed by atoms with van der Waals surface area (Å²) in [6, 6.07) is 0. The molecule has 0 aromatic rings. The quantitative estimate of drug-likeness (QED) is 0.317. The van der Waals surface area contributed by atoms with Crippen LogP contribution < -0.4 is 0 Å². The Morgan fingerprint density at radius 3 is 2.12 bits per heavy atom. The Hall–Kier alpha value is -1.07. The zero-order valence-electron chi connectivity index (χ0n) is 11.1. The third kappa shape index (κ3) is 4.02. The van der Waals surface area contributed by atoms with E-state index in [4.69, 9.17) is 4.74 Å². The number of methoxy groups -OCH3 is 1. The van der Waals surface area contributed by atoms with Gasteiger partial charge in [0.2, 0.25) is 6.29 Å². The van der Waals surface area contributed by atoms with Crippen LogP contribution in [0, 0.1) is 11.3 Å². The summed E-state index contributed by atoms with van der Waals surface area (Å²) < 4.78 is 9.36. The van der Waals surface area contributed by atoms with Crippen LogP contribution in [0.15, 0.2) is 12.3 Å². The maximum atomic E-state index is 11.3. The zero-order valence-corrected chi connectivity index (χ0v) is 11.1. The fourth-order valence-electron chi connectivity index (χ4n) is 1.41. The number of aliphatic hydroxyl groups is 2. The number of ether oxygens (including phenoxy) is 2. The van der Waals surface area contributed by atoms with E-state index in [1.165, 1.54) is 7.11 Å². The normalized spacial score (nSPS) is 15.3. The van der Waals surface area contributed by atoms with Gasteiger partial charge in [-0.2, -0.15) is 0 Å². The van der Waals surface area contributed by atoms with E-state index in [1.807, 2.05) is 13.8 Å². The molecule has 0 aliphatic heterocycles. The van der Waals surface area contributed by atoms with Gasteiger partial charge in [0, 0.05) is 0 Å². The van der Waals surface area contributed by atoms with Gasteiger partial charge in [-0.15, -0.1) is 0 Å². The molecule has 0 aliphatic rings. The smallest absolute Gasteiger partial charge is 0.375 e. The summed E-state index contributed by atoms with van der Waals surface area (Å²) in [5.41, 5.74) is -0.974. The summed E-state index contributed by atoms with van der Waals surface area (Å²) in [5.74, 6) is -1.10. The van der Waals surface area contributed by atoms with E-state index in [2.05, 4.69) is 11.3 Å². The van der Waals surface area contributed by atoms with Crippen LogP contribution in [0.25, 0.3) is 0 Å². The summed E-state index contributed by atoms with van der Waals surface area (Å²) in [4.78, 5) is 11.3. The van der Waals surface area contributed by atoms with Crippen LogP contribution in [-0.4, -0.2) is 35.7 Å². The first-order valence-corrected chi connectivity index (χ1v) is 5.44. The highest BCUT2D eigenvalue weighted by Crippen LogP contribution is 2.30. The predicted octanol–water partition coefficient (Wildman–Crippen LogP) is 1.05. The van der Waals surface area contributed by atoms with Gasteiger partial charge in [0.1, 0.15) is 0 Å². The maximum absolute atomic E-state index is 11.3. The van der Waals surface area contributed by atoms with Gasteiger partial charge >= 0.3 is 5.97 Å². The van der Waals surface area contributed by atoms with Gasteiger partial charge in [-0.3, -0.25) is 0 Å². The van der Waals surface area contributed by atoms with Gasteiger partial charge in [-0.05, 0) is 12.5 Å². The molecule has 0 rings (SSSR count). The van der Waals surface area contributed by atoms with E-state index in [9.17, 15) is 15.0 Å². The Bertz CT molecular complexity index is 283. The van der Waals surface area contributed by atoms with Crippen molar-refractivity contribution >= 4 is 5.97 Å². The van der Waals surface area contributed by atoms with Crippen LogP contribution in [0.1, 0.15) is 27.7 Å². The van der Waals surface area contributed by atoms with Crippen molar-refractivity contribution in [3.8, 4) is 0 Å². The summed E-state index contributed by atoms with van der Waals surface area (Å²) in [7, 11) is 1.28. The minimum absolute atomic E-state index is 0.0658. The highest BCUT2D eigenvalue weighted by atomic mass is 16.6. The summed E-state index contributed by atoms with van der Waals surface area (Å²) in [6.45, 7) is 10.2. The molecule has 0 bridgehead atoms. The molecule has 0 aromatic carbocycles. The molecule has 0 radical (unpaired) electrons. The van der Waals surface area contributed by atoms with Crippen molar-refractivity contribution in [3.63, 3.8) is 0 Å². The number of hydrogen-bond donors (Lipinski definition) is 2. The van der Waals surface area contributed by atoms with Gasteiger partial charge < -0.3 is 19.7 Å². The van der Waals surface area contributed by atoms with E-state index in [-0.39, 0.29) is 11.7 Å². The first-order chi connectivity index (χ1) is 7.64. The lowest BCUT2D eigenvalue weighted by Gasteiger charge is -2.36. The number of carbonyl (C=O) groups excluding carboxylic acids is 1. The lowest BCUT2D eigenvalue weighted by molar-refractivity contribution is -0.206. The molecule has 2 N–H and O–H groups in total. The van der Waals surface area contributed by atoms with Crippen molar-refractivity contribution in [1.82, 2.24) is 0 Å². The predicted molar refractivity (Wildman–Crippen MR) is 62.9 cm³/mol. The molecular formula is C12H22O5.